The summed E-state index contributed by atoms with van der Waals surface area (Å²) in [5, 5.41) is 14.9. The van der Waals surface area contributed by atoms with Gasteiger partial charge in [-0.1, -0.05) is 50.2 Å². The van der Waals surface area contributed by atoms with Gasteiger partial charge in [-0.2, -0.15) is 9.48 Å². The van der Waals surface area contributed by atoms with Crippen molar-refractivity contribution in [3.8, 4) is 5.75 Å². The third kappa shape index (κ3) is 7.47. The van der Waals surface area contributed by atoms with Crippen molar-refractivity contribution in [1.82, 2.24) is 14.6 Å². The molecule has 1 aliphatic carbocycles. The monoisotopic (exact) mass is 635 g/mol. The summed E-state index contributed by atoms with van der Waals surface area (Å²) in [5.41, 5.74) is -3.67. The van der Waals surface area contributed by atoms with Crippen molar-refractivity contribution in [2.75, 3.05) is 6.61 Å². The van der Waals surface area contributed by atoms with E-state index in [0.29, 0.717) is 11.6 Å². The van der Waals surface area contributed by atoms with Crippen LogP contribution in [0, 0.1) is 5.82 Å². The standard InChI is InChI=1S/C29H35FN3O9P.CH4/c1-18(27(36)40-20-11-4-3-5-12-20)32-43(38,42-24-14-8-10-19-9-6-7-13-21(19)24)39-17-25-23(34)15-29(2,41-25)33-16-22(30)26(35)31-28(33)37;/h6-10,13-14,16,18,20,23,25,34H,3-5,11-12,15,17H2,1-2H3,(H,32,38)(H,31,35,37);1H4/t18-,23?,25+,29+,43?;/m0./s1. The van der Waals surface area contributed by atoms with Crippen molar-refractivity contribution >= 4 is 24.5 Å². The predicted molar refractivity (Wildman–Crippen MR) is 161 cm³/mol. The number of ether oxygens (including phenoxy) is 2. The first-order chi connectivity index (χ1) is 20.5. The molecule has 1 saturated carbocycles. The molecule has 2 fully saturated rings. The van der Waals surface area contributed by atoms with E-state index in [-0.39, 0.29) is 25.7 Å². The first-order valence-corrected chi connectivity index (χ1v) is 15.8. The minimum Gasteiger partial charge on any atom is -0.461 e. The van der Waals surface area contributed by atoms with Crippen LogP contribution < -0.4 is 20.9 Å². The quantitative estimate of drug-likeness (QED) is 0.216. The number of esters is 1. The topological polar surface area (TPSA) is 158 Å². The van der Waals surface area contributed by atoms with Crippen molar-refractivity contribution in [2.45, 2.75) is 89.9 Å². The van der Waals surface area contributed by atoms with Crippen LogP contribution >= 0.6 is 7.75 Å². The molecule has 14 heteroatoms. The number of aliphatic hydroxyl groups is 1. The summed E-state index contributed by atoms with van der Waals surface area (Å²) < 4.78 is 52.3. The van der Waals surface area contributed by atoms with Crippen LogP contribution in [0.2, 0.25) is 0 Å². The number of aromatic nitrogens is 2. The van der Waals surface area contributed by atoms with Gasteiger partial charge in [-0.05, 0) is 51.0 Å². The molecule has 2 heterocycles. The van der Waals surface area contributed by atoms with Gasteiger partial charge >= 0.3 is 19.4 Å². The smallest absolute Gasteiger partial charge is 0.459 e. The number of carbonyl (C=O) groups excluding carboxylic acids is 1. The van der Waals surface area contributed by atoms with E-state index in [1.807, 2.05) is 23.2 Å². The zero-order valence-electron chi connectivity index (χ0n) is 23.9. The van der Waals surface area contributed by atoms with Gasteiger partial charge in [-0.25, -0.2) is 9.36 Å². The van der Waals surface area contributed by atoms with E-state index in [1.54, 1.807) is 24.3 Å². The predicted octanol–water partition coefficient (Wildman–Crippen LogP) is 4.35. The highest BCUT2D eigenvalue weighted by atomic mass is 31.2. The maximum atomic E-state index is 14.2. The lowest BCUT2D eigenvalue weighted by atomic mass is 9.98. The second kappa shape index (κ2) is 13.7. The fourth-order valence-electron chi connectivity index (χ4n) is 5.48. The molecule has 5 atom stereocenters. The van der Waals surface area contributed by atoms with Gasteiger partial charge < -0.3 is 19.1 Å². The molecule has 0 radical (unpaired) electrons. The van der Waals surface area contributed by atoms with Gasteiger partial charge in [-0.3, -0.25) is 23.7 Å². The molecule has 0 amide bonds. The Balaban J connectivity index is 0.00000442. The lowest BCUT2D eigenvalue weighted by molar-refractivity contribution is -0.152. The van der Waals surface area contributed by atoms with Crippen molar-refractivity contribution in [2.24, 2.45) is 0 Å². The van der Waals surface area contributed by atoms with E-state index < -0.39 is 61.4 Å². The van der Waals surface area contributed by atoms with Crippen LogP contribution in [0.25, 0.3) is 10.8 Å². The maximum absolute atomic E-state index is 14.2. The van der Waals surface area contributed by atoms with Crippen LogP contribution in [-0.4, -0.2) is 51.6 Å². The number of fused-ring (bicyclic) bond motifs is 1. The largest absolute Gasteiger partial charge is 0.461 e. The lowest BCUT2D eigenvalue weighted by Crippen LogP contribution is -2.43. The van der Waals surface area contributed by atoms with E-state index >= 15 is 0 Å². The number of aliphatic hydroxyl groups excluding tert-OH is 1. The molecule has 1 aromatic heterocycles. The Morgan fingerprint density at radius 1 is 1.20 bits per heavy atom. The third-order valence-corrected chi connectivity index (χ3v) is 9.38. The highest BCUT2D eigenvalue weighted by molar-refractivity contribution is 7.52. The number of nitrogens with zero attached hydrogens (tertiary/aromatic N) is 1. The van der Waals surface area contributed by atoms with Gasteiger partial charge in [0, 0.05) is 11.8 Å². The summed E-state index contributed by atoms with van der Waals surface area (Å²) in [6.07, 6.45) is 2.49. The van der Waals surface area contributed by atoms with Crippen molar-refractivity contribution in [3.63, 3.8) is 0 Å². The number of nitrogens with one attached hydrogen (secondary N) is 2. The zero-order chi connectivity index (χ0) is 30.8. The van der Waals surface area contributed by atoms with Crippen LogP contribution in [0.3, 0.4) is 0 Å². The Morgan fingerprint density at radius 2 is 1.91 bits per heavy atom. The molecule has 5 rings (SSSR count). The molecule has 3 aromatic rings. The molecular formula is C30H39FN3O9P. The van der Waals surface area contributed by atoms with Crippen LogP contribution in [-0.2, 0) is 29.1 Å². The minimum atomic E-state index is -4.34. The Kier molecular flexibility index (Phi) is 10.5. The molecule has 44 heavy (non-hydrogen) atoms. The number of H-pyrrole nitrogens is 1. The van der Waals surface area contributed by atoms with E-state index in [2.05, 4.69) is 5.09 Å². The summed E-state index contributed by atoms with van der Waals surface area (Å²) in [4.78, 5) is 38.7. The van der Waals surface area contributed by atoms with E-state index in [1.165, 1.54) is 13.8 Å². The highest BCUT2D eigenvalue weighted by Gasteiger charge is 2.46. The van der Waals surface area contributed by atoms with Gasteiger partial charge in [0.15, 0.2) is 0 Å². The molecule has 2 aliphatic rings. The maximum Gasteiger partial charge on any atom is 0.459 e. The van der Waals surface area contributed by atoms with Crippen LogP contribution in [0.1, 0.15) is 59.8 Å². The lowest BCUT2D eigenvalue weighted by Gasteiger charge is -2.28. The summed E-state index contributed by atoms with van der Waals surface area (Å²) in [6.45, 7) is 2.43. The number of aromatic amines is 1. The van der Waals surface area contributed by atoms with E-state index in [9.17, 15) is 28.4 Å². The molecule has 1 saturated heterocycles. The Bertz CT molecular complexity index is 1630. The molecular weight excluding hydrogens is 596 g/mol. The second-order valence-electron chi connectivity index (χ2n) is 11.1. The van der Waals surface area contributed by atoms with Crippen molar-refractivity contribution in [3.05, 3.63) is 75.3 Å². The zero-order valence-corrected chi connectivity index (χ0v) is 24.8. The van der Waals surface area contributed by atoms with Crippen LogP contribution in [0.4, 0.5) is 4.39 Å². The average Bonchev–Trinajstić information content (AvgIpc) is 3.28. The Labute approximate surface area is 254 Å². The molecule has 2 aromatic carbocycles. The molecule has 3 N–H and O–H groups in total. The average molecular weight is 636 g/mol. The van der Waals surface area contributed by atoms with E-state index in [4.69, 9.17) is 18.5 Å². The summed E-state index contributed by atoms with van der Waals surface area (Å²) in [6, 6.07) is 11.4. The number of hydrogen-bond acceptors (Lipinski definition) is 9. The molecule has 12 nitrogen and oxygen atoms in total. The van der Waals surface area contributed by atoms with E-state index in [0.717, 1.165) is 42.1 Å². The summed E-state index contributed by atoms with van der Waals surface area (Å²) in [7, 11) is -4.34. The third-order valence-electron chi connectivity index (χ3n) is 7.75. The number of benzene rings is 2. The van der Waals surface area contributed by atoms with Gasteiger partial charge in [-0.15, -0.1) is 0 Å². The fourth-order valence-corrected chi connectivity index (χ4v) is 7.00. The SMILES string of the molecule is C.C[C@H](NP(=O)(OC[C@H]1O[C@@](C)(n2cc(F)c(=O)[nH]c2=O)CC1O)Oc1cccc2ccccc12)C(=O)OC1CCCCC1. The van der Waals surface area contributed by atoms with Gasteiger partial charge in [0.1, 0.15) is 29.7 Å². The number of carbonyl (C=O) groups is 1. The van der Waals surface area contributed by atoms with Gasteiger partial charge in [0.25, 0.3) is 5.56 Å². The van der Waals surface area contributed by atoms with Crippen molar-refractivity contribution in [1.29, 1.82) is 0 Å². The molecule has 0 spiro atoms. The molecule has 1 aliphatic heterocycles. The minimum absolute atomic E-state index is 0. The summed E-state index contributed by atoms with van der Waals surface area (Å²) in [5.74, 6) is -1.58. The first kappa shape index (κ1) is 33.5. The first-order valence-electron chi connectivity index (χ1n) is 14.2. The van der Waals surface area contributed by atoms with Crippen molar-refractivity contribution < 1.29 is 37.4 Å². The summed E-state index contributed by atoms with van der Waals surface area (Å²) >= 11 is 0. The van der Waals surface area contributed by atoms with Crippen LogP contribution in [0.5, 0.6) is 5.75 Å². The number of rotatable bonds is 10. The van der Waals surface area contributed by atoms with Gasteiger partial charge in [0.05, 0.1) is 18.9 Å². The molecule has 0 bridgehead atoms. The molecule has 2 unspecified atom stereocenters. The Hall–Kier alpha value is -3.35. The van der Waals surface area contributed by atoms with Crippen LogP contribution in [0.15, 0.2) is 58.3 Å². The normalized spacial score (nSPS) is 24.3. The number of halogens is 1. The Morgan fingerprint density at radius 3 is 2.66 bits per heavy atom. The number of hydrogen-bond donors (Lipinski definition) is 3. The highest BCUT2D eigenvalue weighted by Crippen LogP contribution is 2.48. The van der Waals surface area contributed by atoms with Gasteiger partial charge in [0.2, 0.25) is 5.82 Å². The fraction of sp³-hybridized carbons (Fsp3) is 0.500. The second-order valence-corrected chi connectivity index (χ2v) is 12.8. The molecule has 240 valence electrons.